The van der Waals surface area contributed by atoms with E-state index in [0.29, 0.717) is 33.4 Å². The Morgan fingerprint density at radius 2 is 1.70 bits per heavy atom. The lowest BCUT2D eigenvalue weighted by Gasteiger charge is -2.09. The minimum absolute atomic E-state index is 0.0444. The van der Waals surface area contributed by atoms with Crippen LogP contribution in [0.15, 0.2) is 54.7 Å². The van der Waals surface area contributed by atoms with Crippen LogP contribution in [0, 0.1) is 5.41 Å². The van der Waals surface area contributed by atoms with Gasteiger partial charge >= 0.3 is 0 Å². The second-order valence-corrected chi connectivity index (χ2v) is 7.54. The highest BCUT2D eigenvalue weighted by Gasteiger charge is 2.23. The smallest absolute Gasteiger partial charge is 0.259 e. The summed E-state index contributed by atoms with van der Waals surface area (Å²) in [6.45, 7) is 1.81. The lowest BCUT2D eigenvalue weighted by Crippen LogP contribution is -2.17. The highest BCUT2D eigenvalue weighted by Crippen LogP contribution is 2.18. The Morgan fingerprint density at radius 3 is 2.33 bits per heavy atom. The van der Waals surface area contributed by atoms with Crippen molar-refractivity contribution in [3.63, 3.8) is 0 Å². The minimum Gasteiger partial charge on any atom is -0.353 e. The molecule has 2 heterocycles. The number of carbonyl (C=O) groups excluding carboxylic acids is 2. The molecule has 1 fully saturated rings. The van der Waals surface area contributed by atoms with Gasteiger partial charge in [0, 0.05) is 42.0 Å². The van der Waals surface area contributed by atoms with Gasteiger partial charge in [0.15, 0.2) is 5.78 Å². The topological polar surface area (TPSA) is 90.9 Å². The third kappa shape index (κ3) is 4.26. The number of hydrogen-bond acceptors (Lipinski definition) is 4. The summed E-state index contributed by atoms with van der Waals surface area (Å²) in [5.74, 6) is 0.0150. The van der Waals surface area contributed by atoms with Crippen LogP contribution in [0.2, 0.25) is 5.02 Å². The van der Waals surface area contributed by atoms with Crippen molar-refractivity contribution in [2.24, 2.45) is 7.05 Å². The summed E-state index contributed by atoms with van der Waals surface area (Å²) in [6.07, 6.45) is 1.51. The molecule has 1 aromatic heterocycles. The van der Waals surface area contributed by atoms with Crippen molar-refractivity contribution in [1.82, 2.24) is 14.7 Å². The van der Waals surface area contributed by atoms with Gasteiger partial charge in [-0.2, -0.15) is 5.10 Å². The molecule has 1 saturated heterocycles. The summed E-state index contributed by atoms with van der Waals surface area (Å²) in [4.78, 5) is 27.5. The van der Waals surface area contributed by atoms with Crippen molar-refractivity contribution in [3.05, 3.63) is 82.1 Å². The second kappa shape index (κ2) is 8.12. The summed E-state index contributed by atoms with van der Waals surface area (Å²) >= 11 is 5.88. The molecule has 0 atom stereocenters. The van der Waals surface area contributed by atoms with Gasteiger partial charge in [-0.1, -0.05) is 35.9 Å². The number of aryl methyl sites for hydroxylation is 1. The fourth-order valence-corrected chi connectivity index (χ4v) is 3.24. The summed E-state index contributed by atoms with van der Waals surface area (Å²) < 4.78 is 1.54. The van der Waals surface area contributed by atoms with Gasteiger partial charge in [-0.15, -0.1) is 0 Å². The van der Waals surface area contributed by atoms with Crippen LogP contribution in [-0.2, 0) is 13.5 Å². The molecule has 4 rings (SSSR count). The third-order valence-electron chi connectivity index (χ3n) is 4.98. The van der Waals surface area contributed by atoms with E-state index in [1.54, 1.807) is 60.3 Å². The average molecular weight is 422 g/mol. The van der Waals surface area contributed by atoms with Gasteiger partial charge in [0.05, 0.1) is 23.9 Å². The zero-order chi connectivity index (χ0) is 21.3. The minimum atomic E-state index is -0.337. The maximum atomic E-state index is 12.8. The Morgan fingerprint density at radius 1 is 1.07 bits per heavy atom. The van der Waals surface area contributed by atoms with Crippen molar-refractivity contribution in [1.29, 1.82) is 5.41 Å². The number of amidine groups is 1. The van der Waals surface area contributed by atoms with Crippen molar-refractivity contribution in [2.45, 2.75) is 6.42 Å². The Bertz CT molecular complexity index is 1120. The van der Waals surface area contributed by atoms with Crippen LogP contribution in [-0.4, -0.2) is 45.3 Å². The second-order valence-electron chi connectivity index (χ2n) is 7.10. The Balaban J connectivity index is 1.48. The van der Waals surface area contributed by atoms with Crippen LogP contribution < -0.4 is 5.32 Å². The first-order valence-corrected chi connectivity index (χ1v) is 9.85. The molecule has 1 aliphatic rings. The first-order chi connectivity index (χ1) is 14.4. The summed E-state index contributed by atoms with van der Waals surface area (Å²) in [5.41, 5.74) is 2.80. The molecule has 2 aromatic carbocycles. The zero-order valence-electron chi connectivity index (χ0n) is 16.4. The molecule has 30 heavy (non-hydrogen) atoms. The van der Waals surface area contributed by atoms with Gasteiger partial charge in [0.2, 0.25) is 0 Å². The van der Waals surface area contributed by atoms with Crippen molar-refractivity contribution >= 4 is 34.8 Å². The van der Waals surface area contributed by atoms with E-state index in [4.69, 9.17) is 17.0 Å². The van der Waals surface area contributed by atoms with Crippen molar-refractivity contribution < 1.29 is 9.59 Å². The van der Waals surface area contributed by atoms with E-state index in [1.165, 1.54) is 6.20 Å². The van der Waals surface area contributed by atoms with Crippen LogP contribution in [0.25, 0.3) is 0 Å². The fraction of sp³-hybridized carbons (Fsp3) is 0.182. The van der Waals surface area contributed by atoms with Crippen LogP contribution in [0.1, 0.15) is 32.0 Å². The number of amides is 1. The van der Waals surface area contributed by atoms with Crippen LogP contribution in [0.3, 0.4) is 0 Å². The molecule has 152 valence electrons. The predicted molar refractivity (Wildman–Crippen MR) is 115 cm³/mol. The molecule has 1 aliphatic heterocycles. The SMILES string of the molecule is Cn1ncc(C(=O)Nc2ccc(Cl)cc2)c1CC(=O)c1ccc(C(=N)N2CC2)cc1. The van der Waals surface area contributed by atoms with E-state index < -0.39 is 0 Å². The summed E-state index contributed by atoms with van der Waals surface area (Å²) in [6, 6.07) is 13.8. The molecule has 2 N–H and O–H groups in total. The number of nitrogens with one attached hydrogen (secondary N) is 2. The van der Waals surface area contributed by atoms with Gasteiger partial charge < -0.3 is 10.2 Å². The number of rotatable bonds is 6. The molecule has 8 heteroatoms. The maximum Gasteiger partial charge on any atom is 0.259 e. The molecular weight excluding hydrogens is 402 g/mol. The molecule has 0 saturated carbocycles. The summed E-state index contributed by atoms with van der Waals surface area (Å²) in [7, 11) is 1.70. The van der Waals surface area contributed by atoms with Crippen LogP contribution in [0.4, 0.5) is 5.69 Å². The van der Waals surface area contributed by atoms with Gasteiger partial charge in [0.1, 0.15) is 5.84 Å². The number of aromatic nitrogens is 2. The number of Topliss-reactive ketones (excluding diaryl/α,β-unsaturated/α-hetero) is 1. The quantitative estimate of drug-likeness (QED) is 0.276. The molecule has 1 amide bonds. The Kier molecular flexibility index (Phi) is 5.37. The Hall–Kier alpha value is -3.45. The van der Waals surface area contributed by atoms with Crippen molar-refractivity contribution in [2.75, 3.05) is 18.4 Å². The number of halogens is 1. The number of carbonyl (C=O) groups is 2. The van der Waals surface area contributed by atoms with E-state index in [-0.39, 0.29) is 18.1 Å². The van der Waals surface area contributed by atoms with E-state index in [9.17, 15) is 9.59 Å². The molecule has 0 radical (unpaired) electrons. The molecule has 7 nitrogen and oxygen atoms in total. The van der Waals surface area contributed by atoms with E-state index in [2.05, 4.69) is 10.4 Å². The molecule has 0 bridgehead atoms. The fourth-order valence-electron chi connectivity index (χ4n) is 3.12. The summed E-state index contributed by atoms with van der Waals surface area (Å²) in [5, 5.41) is 15.6. The molecule has 0 spiro atoms. The standard InChI is InChI=1S/C22H20ClN5O2/c1-27-19(18(13-25-27)22(30)26-17-8-6-16(23)7-9-17)12-20(29)14-2-4-15(5-3-14)21(24)28-10-11-28/h2-9,13,24H,10-12H2,1H3,(H,26,30). The highest BCUT2D eigenvalue weighted by molar-refractivity contribution is 6.30. The van der Waals surface area contributed by atoms with E-state index in [0.717, 1.165) is 18.7 Å². The predicted octanol–water partition coefficient (Wildman–Crippen LogP) is 3.39. The van der Waals surface area contributed by atoms with Crippen LogP contribution >= 0.6 is 11.6 Å². The van der Waals surface area contributed by atoms with E-state index in [1.807, 2.05) is 4.90 Å². The lowest BCUT2D eigenvalue weighted by molar-refractivity contribution is 0.0990. The Labute approximate surface area is 178 Å². The normalized spacial score (nSPS) is 12.5. The largest absolute Gasteiger partial charge is 0.353 e. The first kappa shape index (κ1) is 19.8. The van der Waals surface area contributed by atoms with Crippen LogP contribution in [0.5, 0.6) is 0 Å². The lowest BCUT2D eigenvalue weighted by atomic mass is 10.0. The monoisotopic (exact) mass is 421 g/mol. The van der Waals surface area contributed by atoms with Gasteiger partial charge in [-0.25, -0.2) is 0 Å². The molecular formula is C22H20ClN5O2. The van der Waals surface area contributed by atoms with Crippen molar-refractivity contribution in [3.8, 4) is 0 Å². The molecule has 0 aliphatic carbocycles. The maximum absolute atomic E-state index is 12.8. The molecule has 0 unspecified atom stereocenters. The third-order valence-corrected chi connectivity index (χ3v) is 5.23. The van der Waals surface area contributed by atoms with Gasteiger partial charge in [-0.3, -0.25) is 19.7 Å². The number of ketones is 1. The highest BCUT2D eigenvalue weighted by atomic mass is 35.5. The zero-order valence-corrected chi connectivity index (χ0v) is 17.1. The average Bonchev–Trinajstić information content (AvgIpc) is 3.53. The number of benzene rings is 2. The van der Waals surface area contributed by atoms with Gasteiger partial charge in [0.25, 0.3) is 5.91 Å². The first-order valence-electron chi connectivity index (χ1n) is 9.47. The van der Waals surface area contributed by atoms with Gasteiger partial charge in [-0.05, 0) is 24.3 Å². The van der Waals surface area contributed by atoms with E-state index >= 15 is 0 Å². The number of nitrogens with zero attached hydrogens (tertiary/aromatic N) is 3. The molecule has 3 aromatic rings. The number of anilines is 1. The number of hydrogen-bond donors (Lipinski definition) is 2.